The second-order valence-electron chi connectivity index (χ2n) is 3.93. The van der Waals surface area contributed by atoms with Gasteiger partial charge in [-0.05, 0) is 23.3 Å². The molecule has 0 aliphatic carbocycles. The summed E-state index contributed by atoms with van der Waals surface area (Å²) in [6, 6.07) is 11.2. The first-order chi connectivity index (χ1) is 8.78. The molecular weight excluding hydrogens is 296 g/mol. The van der Waals surface area contributed by atoms with Crippen molar-refractivity contribution in [1.82, 2.24) is 0 Å². The lowest BCUT2D eigenvalue weighted by molar-refractivity contribution is 0.112. The number of aldehydes is 1. The standard InChI is InChI=1S/C14H9BrO3/c15-12-6-14-13(17-8-18-14)5-11(12)10-3-1-9(7-16)2-4-10/h1-7H,8H2. The molecule has 0 saturated carbocycles. The van der Waals surface area contributed by atoms with Gasteiger partial charge >= 0.3 is 0 Å². The SMILES string of the molecule is O=Cc1ccc(-c2cc3c(cc2Br)OCO3)cc1. The molecule has 0 aromatic heterocycles. The van der Waals surface area contributed by atoms with Gasteiger partial charge in [0.2, 0.25) is 6.79 Å². The predicted molar refractivity (Wildman–Crippen MR) is 71.1 cm³/mol. The molecule has 0 spiro atoms. The van der Waals surface area contributed by atoms with Gasteiger partial charge in [0, 0.05) is 10.0 Å². The first-order valence-corrected chi connectivity index (χ1v) is 6.22. The van der Waals surface area contributed by atoms with Crippen molar-refractivity contribution in [3.63, 3.8) is 0 Å². The fourth-order valence-corrected chi connectivity index (χ4v) is 2.43. The molecule has 2 aromatic rings. The molecule has 1 aliphatic rings. The average Bonchev–Trinajstić information content (AvgIpc) is 2.85. The van der Waals surface area contributed by atoms with Crippen LogP contribution in [0, 0.1) is 0 Å². The van der Waals surface area contributed by atoms with Crippen LogP contribution >= 0.6 is 15.9 Å². The summed E-state index contributed by atoms with van der Waals surface area (Å²) in [5.41, 5.74) is 2.69. The maximum atomic E-state index is 10.6. The number of rotatable bonds is 2. The third kappa shape index (κ3) is 1.88. The van der Waals surface area contributed by atoms with E-state index >= 15 is 0 Å². The van der Waals surface area contributed by atoms with E-state index in [0.29, 0.717) is 5.56 Å². The average molecular weight is 305 g/mol. The van der Waals surface area contributed by atoms with E-state index in [1.54, 1.807) is 12.1 Å². The zero-order chi connectivity index (χ0) is 12.5. The Labute approximate surface area is 112 Å². The molecule has 18 heavy (non-hydrogen) atoms. The minimum atomic E-state index is 0.259. The van der Waals surface area contributed by atoms with Gasteiger partial charge in [-0.2, -0.15) is 0 Å². The molecule has 0 saturated heterocycles. The third-order valence-electron chi connectivity index (χ3n) is 2.82. The smallest absolute Gasteiger partial charge is 0.231 e. The lowest BCUT2D eigenvalue weighted by Gasteiger charge is -2.06. The molecule has 1 aliphatic heterocycles. The Bertz CT molecular complexity index is 605. The summed E-state index contributed by atoms with van der Waals surface area (Å²) in [6.07, 6.45) is 0.832. The molecule has 0 fully saturated rings. The highest BCUT2D eigenvalue weighted by molar-refractivity contribution is 9.10. The predicted octanol–water partition coefficient (Wildman–Crippen LogP) is 3.66. The zero-order valence-electron chi connectivity index (χ0n) is 9.35. The Kier molecular flexibility index (Phi) is 2.80. The molecule has 3 rings (SSSR count). The summed E-state index contributed by atoms with van der Waals surface area (Å²) in [5, 5.41) is 0. The van der Waals surface area contributed by atoms with Crippen LogP contribution in [-0.4, -0.2) is 13.1 Å². The van der Waals surface area contributed by atoms with E-state index in [-0.39, 0.29) is 6.79 Å². The van der Waals surface area contributed by atoms with Gasteiger partial charge in [0.25, 0.3) is 0 Å². The lowest BCUT2D eigenvalue weighted by Crippen LogP contribution is -1.92. The van der Waals surface area contributed by atoms with E-state index in [1.165, 1.54) is 0 Å². The largest absolute Gasteiger partial charge is 0.454 e. The Balaban J connectivity index is 2.07. The minimum absolute atomic E-state index is 0.259. The van der Waals surface area contributed by atoms with E-state index in [0.717, 1.165) is 33.4 Å². The maximum Gasteiger partial charge on any atom is 0.231 e. The van der Waals surface area contributed by atoms with Gasteiger partial charge in [-0.1, -0.05) is 40.2 Å². The van der Waals surface area contributed by atoms with Gasteiger partial charge in [-0.15, -0.1) is 0 Å². The number of hydrogen-bond acceptors (Lipinski definition) is 3. The molecule has 0 radical (unpaired) electrons. The molecule has 1 heterocycles. The van der Waals surface area contributed by atoms with Gasteiger partial charge in [0.15, 0.2) is 11.5 Å². The second-order valence-corrected chi connectivity index (χ2v) is 4.78. The van der Waals surface area contributed by atoms with E-state index in [1.807, 2.05) is 24.3 Å². The third-order valence-corrected chi connectivity index (χ3v) is 3.48. The Morgan fingerprint density at radius 1 is 1.06 bits per heavy atom. The van der Waals surface area contributed by atoms with Gasteiger partial charge in [-0.3, -0.25) is 4.79 Å². The maximum absolute atomic E-state index is 10.6. The van der Waals surface area contributed by atoms with Crippen molar-refractivity contribution < 1.29 is 14.3 Å². The van der Waals surface area contributed by atoms with Crippen molar-refractivity contribution in [3.8, 4) is 22.6 Å². The number of halogens is 1. The van der Waals surface area contributed by atoms with Gasteiger partial charge in [0.05, 0.1) is 0 Å². The summed E-state index contributed by atoms with van der Waals surface area (Å²) in [5.74, 6) is 1.49. The molecule has 0 amide bonds. The zero-order valence-corrected chi connectivity index (χ0v) is 10.9. The van der Waals surface area contributed by atoms with Crippen LogP contribution in [0.5, 0.6) is 11.5 Å². The number of fused-ring (bicyclic) bond motifs is 1. The van der Waals surface area contributed by atoms with Gasteiger partial charge in [0.1, 0.15) is 6.29 Å². The molecule has 0 atom stereocenters. The van der Waals surface area contributed by atoms with Crippen molar-refractivity contribution in [1.29, 1.82) is 0 Å². The van der Waals surface area contributed by atoms with E-state index in [2.05, 4.69) is 15.9 Å². The number of ether oxygens (including phenoxy) is 2. The van der Waals surface area contributed by atoms with Crippen LogP contribution in [0.25, 0.3) is 11.1 Å². The van der Waals surface area contributed by atoms with Crippen molar-refractivity contribution in [2.24, 2.45) is 0 Å². The monoisotopic (exact) mass is 304 g/mol. The molecule has 90 valence electrons. The molecule has 0 bridgehead atoms. The molecule has 0 unspecified atom stereocenters. The molecule has 3 nitrogen and oxygen atoms in total. The Morgan fingerprint density at radius 3 is 2.39 bits per heavy atom. The topological polar surface area (TPSA) is 35.5 Å². The summed E-state index contributed by atoms with van der Waals surface area (Å²) in [6.45, 7) is 0.259. The van der Waals surface area contributed by atoms with Crippen LogP contribution < -0.4 is 9.47 Å². The highest BCUT2D eigenvalue weighted by atomic mass is 79.9. The Morgan fingerprint density at radius 2 is 1.72 bits per heavy atom. The van der Waals surface area contributed by atoms with Crippen LogP contribution in [-0.2, 0) is 0 Å². The molecular formula is C14H9BrO3. The van der Waals surface area contributed by atoms with Gasteiger partial charge < -0.3 is 9.47 Å². The van der Waals surface area contributed by atoms with Crippen molar-refractivity contribution in [3.05, 3.63) is 46.4 Å². The number of benzene rings is 2. The quantitative estimate of drug-likeness (QED) is 0.794. The van der Waals surface area contributed by atoms with Crippen LogP contribution in [0.1, 0.15) is 10.4 Å². The summed E-state index contributed by atoms with van der Waals surface area (Å²) in [4.78, 5) is 10.6. The van der Waals surface area contributed by atoms with E-state index in [4.69, 9.17) is 9.47 Å². The highest BCUT2D eigenvalue weighted by Gasteiger charge is 2.16. The number of carbonyl (C=O) groups excluding carboxylic acids is 1. The van der Waals surface area contributed by atoms with Crippen LogP contribution in [0.4, 0.5) is 0 Å². The van der Waals surface area contributed by atoms with Crippen LogP contribution in [0.3, 0.4) is 0 Å². The summed E-state index contributed by atoms with van der Waals surface area (Å²) >= 11 is 3.52. The summed E-state index contributed by atoms with van der Waals surface area (Å²) < 4.78 is 11.6. The van der Waals surface area contributed by atoms with Crippen LogP contribution in [0.15, 0.2) is 40.9 Å². The number of carbonyl (C=O) groups is 1. The first kappa shape index (κ1) is 11.3. The minimum Gasteiger partial charge on any atom is -0.454 e. The van der Waals surface area contributed by atoms with E-state index in [9.17, 15) is 4.79 Å². The van der Waals surface area contributed by atoms with Crippen LogP contribution in [0.2, 0.25) is 0 Å². The van der Waals surface area contributed by atoms with Crippen molar-refractivity contribution in [2.75, 3.05) is 6.79 Å². The normalized spacial score (nSPS) is 12.5. The first-order valence-electron chi connectivity index (χ1n) is 5.43. The number of hydrogen-bond donors (Lipinski definition) is 0. The van der Waals surface area contributed by atoms with Gasteiger partial charge in [-0.25, -0.2) is 0 Å². The lowest BCUT2D eigenvalue weighted by atomic mass is 10.0. The Hall–Kier alpha value is -1.81. The summed E-state index contributed by atoms with van der Waals surface area (Å²) in [7, 11) is 0. The van der Waals surface area contributed by atoms with Crippen molar-refractivity contribution in [2.45, 2.75) is 0 Å². The molecule has 2 aromatic carbocycles. The second kappa shape index (κ2) is 4.46. The van der Waals surface area contributed by atoms with Crippen molar-refractivity contribution >= 4 is 22.2 Å². The fraction of sp³-hybridized carbons (Fsp3) is 0.0714. The van der Waals surface area contributed by atoms with E-state index < -0.39 is 0 Å². The molecule has 0 N–H and O–H groups in total. The fourth-order valence-electron chi connectivity index (χ4n) is 1.88. The molecule has 4 heteroatoms. The highest BCUT2D eigenvalue weighted by Crippen LogP contribution is 2.40.